The third-order valence-corrected chi connectivity index (χ3v) is 1.90. The minimum atomic E-state index is -0.320. The number of benzene rings is 1. The van der Waals surface area contributed by atoms with Crippen molar-refractivity contribution < 1.29 is 14.4 Å². The Kier molecular flexibility index (Phi) is 4.80. The summed E-state index contributed by atoms with van der Waals surface area (Å²) in [6, 6.07) is 7.18. The summed E-state index contributed by atoms with van der Waals surface area (Å²) in [6.07, 6.45) is 0. The predicted molar refractivity (Wildman–Crippen MR) is 56.2 cm³/mol. The van der Waals surface area contributed by atoms with Gasteiger partial charge in [0.1, 0.15) is 0 Å². The third kappa shape index (κ3) is 3.69. The molecule has 0 saturated carbocycles. The molecule has 0 spiro atoms. The van der Waals surface area contributed by atoms with Crippen molar-refractivity contribution in [3.63, 3.8) is 0 Å². The first kappa shape index (κ1) is 11.7. The fraction of sp³-hybridized carbons (Fsp3) is 0.364. The summed E-state index contributed by atoms with van der Waals surface area (Å²) in [6.45, 7) is 3.16. The van der Waals surface area contributed by atoms with Gasteiger partial charge in [-0.3, -0.25) is 0 Å². The Bertz CT molecular complexity index is 308. The number of carbonyl (C=O) groups excluding carboxylic acids is 1. The first-order valence-electron chi connectivity index (χ1n) is 4.79. The van der Waals surface area contributed by atoms with Crippen molar-refractivity contribution in [2.45, 2.75) is 13.5 Å². The number of hydrogen-bond acceptors (Lipinski definition) is 4. The molecule has 0 aliphatic carbocycles. The van der Waals surface area contributed by atoms with Gasteiger partial charge in [0.2, 0.25) is 0 Å². The van der Waals surface area contributed by atoms with Gasteiger partial charge in [-0.05, 0) is 24.6 Å². The van der Waals surface area contributed by atoms with Crippen molar-refractivity contribution in [3.05, 3.63) is 35.4 Å². The fourth-order valence-corrected chi connectivity index (χ4v) is 1.11. The topological polar surface area (TPSA) is 47.6 Å². The number of methoxy groups -OCH3 is 1. The molecule has 0 heterocycles. The lowest BCUT2D eigenvalue weighted by Gasteiger charge is -2.04. The van der Waals surface area contributed by atoms with E-state index in [2.05, 4.69) is 10.2 Å². The SMILES string of the molecule is CCONCc1ccc(C(=O)OC)cc1. The lowest BCUT2D eigenvalue weighted by molar-refractivity contribution is 0.0463. The molecule has 0 unspecified atom stereocenters. The van der Waals surface area contributed by atoms with E-state index in [1.807, 2.05) is 19.1 Å². The molecule has 1 aromatic rings. The molecule has 1 rings (SSSR count). The molecule has 15 heavy (non-hydrogen) atoms. The van der Waals surface area contributed by atoms with Crippen LogP contribution in [-0.2, 0) is 16.1 Å². The van der Waals surface area contributed by atoms with Gasteiger partial charge in [0.25, 0.3) is 0 Å². The molecule has 0 radical (unpaired) electrons. The molecule has 4 nitrogen and oxygen atoms in total. The average Bonchev–Trinajstić information content (AvgIpc) is 2.29. The molecule has 0 aliphatic rings. The second kappa shape index (κ2) is 6.16. The number of hydroxylamine groups is 1. The summed E-state index contributed by atoms with van der Waals surface area (Å²) in [7, 11) is 1.37. The van der Waals surface area contributed by atoms with Gasteiger partial charge in [0.05, 0.1) is 19.3 Å². The van der Waals surface area contributed by atoms with E-state index in [0.29, 0.717) is 18.7 Å². The van der Waals surface area contributed by atoms with Gasteiger partial charge in [0.15, 0.2) is 0 Å². The summed E-state index contributed by atoms with van der Waals surface area (Å²) in [5, 5.41) is 0. The van der Waals surface area contributed by atoms with Gasteiger partial charge in [-0.2, -0.15) is 5.48 Å². The zero-order valence-corrected chi connectivity index (χ0v) is 8.95. The van der Waals surface area contributed by atoms with E-state index in [1.54, 1.807) is 12.1 Å². The maximum absolute atomic E-state index is 11.1. The van der Waals surface area contributed by atoms with Gasteiger partial charge >= 0.3 is 5.97 Å². The lowest BCUT2D eigenvalue weighted by Crippen LogP contribution is -2.13. The van der Waals surface area contributed by atoms with Gasteiger partial charge in [0, 0.05) is 6.54 Å². The Labute approximate surface area is 89.1 Å². The molecule has 0 saturated heterocycles. The van der Waals surface area contributed by atoms with Crippen LogP contribution in [0.2, 0.25) is 0 Å². The summed E-state index contributed by atoms with van der Waals surface area (Å²) in [5.41, 5.74) is 4.40. The summed E-state index contributed by atoms with van der Waals surface area (Å²) in [4.78, 5) is 16.1. The average molecular weight is 209 g/mol. The van der Waals surface area contributed by atoms with E-state index in [0.717, 1.165) is 5.56 Å². The Hall–Kier alpha value is -1.39. The van der Waals surface area contributed by atoms with Crippen molar-refractivity contribution in [3.8, 4) is 0 Å². The van der Waals surface area contributed by atoms with Crippen LogP contribution in [0.15, 0.2) is 24.3 Å². The molecule has 4 heteroatoms. The van der Waals surface area contributed by atoms with Gasteiger partial charge in [-0.25, -0.2) is 4.79 Å². The Morgan fingerprint density at radius 3 is 2.53 bits per heavy atom. The van der Waals surface area contributed by atoms with Crippen LogP contribution in [-0.4, -0.2) is 19.7 Å². The Morgan fingerprint density at radius 1 is 1.33 bits per heavy atom. The predicted octanol–water partition coefficient (Wildman–Crippen LogP) is 1.51. The third-order valence-electron chi connectivity index (χ3n) is 1.90. The highest BCUT2D eigenvalue weighted by molar-refractivity contribution is 5.89. The highest BCUT2D eigenvalue weighted by atomic mass is 16.6. The van der Waals surface area contributed by atoms with Gasteiger partial charge in [-0.1, -0.05) is 12.1 Å². The van der Waals surface area contributed by atoms with Crippen LogP contribution >= 0.6 is 0 Å². The summed E-state index contributed by atoms with van der Waals surface area (Å²) in [5.74, 6) is -0.320. The van der Waals surface area contributed by atoms with E-state index in [4.69, 9.17) is 4.84 Å². The Balaban J connectivity index is 2.52. The lowest BCUT2D eigenvalue weighted by atomic mass is 10.1. The maximum Gasteiger partial charge on any atom is 0.337 e. The largest absolute Gasteiger partial charge is 0.465 e. The van der Waals surface area contributed by atoms with E-state index >= 15 is 0 Å². The number of ether oxygens (including phenoxy) is 1. The molecule has 0 atom stereocenters. The van der Waals surface area contributed by atoms with Gasteiger partial charge in [-0.15, -0.1) is 0 Å². The molecule has 0 aliphatic heterocycles. The zero-order chi connectivity index (χ0) is 11.1. The molecule has 82 valence electrons. The second-order valence-corrected chi connectivity index (χ2v) is 2.94. The quantitative estimate of drug-likeness (QED) is 0.453. The van der Waals surface area contributed by atoms with Crippen molar-refractivity contribution in [1.29, 1.82) is 0 Å². The van der Waals surface area contributed by atoms with Crippen LogP contribution in [0.4, 0.5) is 0 Å². The van der Waals surface area contributed by atoms with Crippen LogP contribution in [0.3, 0.4) is 0 Å². The minimum Gasteiger partial charge on any atom is -0.465 e. The van der Waals surface area contributed by atoms with Crippen molar-refractivity contribution >= 4 is 5.97 Å². The number of rotatable bonds is 5. The van der Waals surface area contributed by atoms with E-state index in [1.165, 1.54) is 7.11 Å². The number of hydrogen-bond donors (Lipinski definition) is 1. The van der Waals surface area contributed by atoms with Crippen LogP contribution in [0.5, 0.6) is 0 Å². The monoisotopic (exact) mass is 209 g/mol. The fourth-order valence-electron chi connectivity index (χ4n) is 1.11. The summed E-state index contributed by atoms with van der Waals surface area (Å²) >= 11 is 0. The maximum atomic E-state index is 11.1. The van der Waals surface area contributed by atoms with E-state index < -0.39 is 0 Å². The summed E-state index contributed by atoms with van der Waals surface area (Å²) < 4.78 is 4.60. The normalized spacial score (nSPS) is 10.0. The highest BCUT2D eigenvalue weighted by Gasteiger charge is 2.03. The van der Waals surface area contributed by atoms with Crippen molar-refractivity contribution in [1.82, 2.24) is 5.48 Å². The molecule has 0 amide bonds. The van der Waals surface area contributed by atoms with Crippen LogP contribution in [0.1, 0.15) is 22.8 Å². The van der Waals surface area contributed by atoms with Crippen LogP contribution < -0.4 is 5.48 Å². The minimum absolute atomic E-state index is 0.320. The molecular formula is C11H15NO3. The highest BCUT2D eigenvalue weighted by Crippen LogP contribution is 2.05. The molecule has 0 aromatic heterocycles. The van der Waals surface area contributed by atoms with Gasteiger partial charge < -0.3 is 9.57 Å². The first-order valence-corrected chi connectivity index (χ1v) is 4.79. The van der Waals surface area contributed by atoms with Crippen LogP contribution in [0.25, 0.3) is 0 Å². The smallest absolute Gasteiger partial charge is 0.337 e. The molecule has 1 aromatic carbocycles. The first-order chi connectivity index (χ1) is 7.27. The number of nitrogens with one attached hydrogen (secondary N) is 1. The molecule has 0 bridgehead atoms. The molecular weight excluding hydrogens is 194 g/mol. The van der Waals surface area contributed by atoms with Crippen molar-refractivity contribution in [2.24, 2.45) is 0 Å². The zero-order valence-electron chi connectivity index (χ0n) is 8.95. The van der Waals surface area contributed by atoms with Crippen molar-refractivity contribution in [2.75, 3.05) is 13.7 Å². The number of carbonyl (C=O) groups is 1. The second-order valence-electron chi connectivity index (χ2n) is 2.94. The Morgan fingerprint density at radius 2 is 2.00 bits per heavy atom. The van der Waals surface area contributed by atoms with E-state index in [9.17, 15) is 4.79 Å². The standard InChI is InChI=1S/C11H15NO3/c1-3-15-12-8-9-4-6-10(7-5-9)11(13)14-2/h4-7,12H,3,8H2,1-2H3. The van der Waals surface area contributed by atoms with Crippen LogP contribution in [0, 0.1) is 0 Å². The van der Waals surface area contributed by atoms with E-state index in [-0.39, 0.29) is 5.97 Å². The molecule has 1 N–H and O–H groups in total. The molecule has 0 fully saturated rings. The number of esters is 1.